The van der Waals surface area contributed by atoms with Crippen molar-refractivity contribution in [1.82, 2.24) is 29.0 Å². The van der Waals surface area contributed by atoms with E-state index in [1.807, 2.05) is 6.07 Å². The molecule has 136 valence electrons. The molecule has 0 radical (unpaired) electrons. The first-order valence-corrected chi connectivity index (χ1v) is 9.55. The van der Waals surface area contributed by atoms with E-state index >= 15 is 0 Å². The van der Waals surface area contributed by atoms with Crippen molar-refractivity contribution < 1.29 is 0 Å². The number of likely N-dealkylation sites (tertiary alicyclic amines) is 1. The van der Waals surface area contributed by atoms with Crippen LogP contribution < -0.4 is 5.56 Å². The number of nitrogens with zero attached hydrogens (tertiary/aromatic N) is 5. The van der Waals surface area contributed by atoms with Gasteiger partial charge in [0.2, 0.25) is 0 Å². The van der Waals surface area contributed by atoms with Gasteiger partial charge in [-0.3, -0.25) is 14.8 Å². The Morgan fingerprint density at radius 1 is 1.23 bits per heavy atom. The number of fused-ring (bicyclic) bond motifs is 2. The zero-order valence-corrected chi connectivity index (χ0v) is 15.1. The Hall–Kier alpha value is -2.41. The number of hydrogen-bond acceptors (Lipinski definition) is 4. The second-order valence-electron chi connectivity index (χ2n) is 7.50. The van der Waals surface area contributed by atoms with Gasteiger partial charge < -0.3 is 4.57 Å². The van der Waals surface area contributed by atoms with Crippen LogP contribution in [0.25, 0.3) is 5.65 Å². The van der Waals surface area contributed by atoms with Crippen LogP contribution >= 0.6 is 0 Å². The van der Waals surface area contributed by atoms with Crippen LogP contribution in [-0.2, 0) is 26.4 Å². The summed E-state index contributed by atoms with van der Waals surface area (Å²) in [5.74, 6) is 1.19. The van der Waals surface area contributed by atoms with Crippen molar-refractivity contribution in [3.8, 4) is 0 Å². The van der Waals surface area contributed by atoms with Gasteiger partial charge in [0.05, 0.1) is 17.4 Å². The molecule has 3 aromatic heterocycles. The quantitative estimate of drug-likeness (QED) is 0.782. The molecule has 0 spiro atoms. The maximum Gasteiger partial charge on any atom is 0.272 e. The van der Waals surface area contributed by atoms with Gasteiger partial charge in [-0.25, -0.2) is 14.5 Å². The smallest absolute Gasteiger partial charge is 0.272 e. The number of aromatic amines is 1. The number of imidazole rings is 1. The van der Waals surface area contributed by atoms with E-state index in [-0.39, 0.29) is 5.56 Å². The molecule has 4 heterocycles. The Labute approximate surface area is 151 Å². The van der Waals surface area contributed by atoms with Gasteiger partial charge in [-0.2, -0.15) is 0 Å². The lowest BCUT2D eigenvalue weighted by Crippen LogP contribution is -2.27. The van der Waals surface area contributed by atoms with E-state index in [2.05, 4.69) is 26.6 Å². The van der Waals surface area contributed by atoms with Crippen molar-refractivity contribution in [3.63, 3.8) is 0 Å². The summed E-state index contributed by atoms with van der Waals surface area (Å²) in [6.45, 7) is 1.72. The highest BCUT2D eigenvalue weighted by atomic mass is 16.1. The molecule has 1 atom stereocenters. The first kappa shape index (κ1) is 15.8. The van der Waals surface area contributed by atoms with Crippen LogP contribution in [0.4, 0.5) is 0 Å². The molecular formula is C19H24N6O. The van der Waals surface area contributed by atoms with Gasteiger partial charge >= 0.3 is 0 Å². The lowest BCUT2D eigenvalue weighted by Gasteiger charge is -2.24. The second kappa shape index (κ2) is 6.09. The third-order valence-electron chi connectivity index (χ3n) is 5.87. The van der Waals surface area contributed by atoms with Crippen molar-refractivity contribution in [2.75, 3.05) is 6.54 Å². The molecule has 26 heavy (non-hydrogen) atoms. The van der Waals surface area contributed by atoms with E-state index < -0.39 is 0 Å². The zero-order chi connectivity index (χ0) is 17.7. The third-order valence-corrected chi connectivity index (χ3v) is 5.87. The van der Waals surface area contributed by atoms with Gasteiger partial charge in [-0.1, -0.05) is 0 Å². The fourth-order valence-electron chi connectivity index (χ4n) is 4.58. The van der Waals surface area contributed by atoms with Crippen molar-refractivity contribution >= 4 is 5.65 Å². The van der Waals surface area contributed by atoms with E-state index in [1.165, 1.54) is 34.6 Å². The van der Waals surface area contributed by atoms with Crippen LogP contribution in [0.15, 0.2) is 23.1 Å². The molecular weight excluding hydrogens is 328 g/mol. The number of H-pyrrole nitrogens is 1. The summed E-state index contributed by atoms with van der Waals surface area (Å²) < 4.78 is 3.80. The van der Waals surface area contributed by atoms with Crippen molar-refractivity contribution in [2.45, 2.75) is 51.1 Å². The Morgan fingerprint density at radius 3 is 3.00 bits per heavy atom. The van der Waals surface area contributed by atoms with Gasteiger partial charge in [0, 0.05) is 37.6 Å². The van der Waals surface area contributed by atoms with Gasteiger partial charge in [-0.15, -0.1) is 0 Å². The minimum Gasteiger partial charge on any atom is -0.334 e. The molecule has 7 nitrogen and oxygen atoms in total. The number of nitrogens with one attached hydrogen (secondary N) is 1. The molecule has 0 saturated carbocycles. The summed E-state index contributed by atoms with van der Waals surface area (Å²) in [6.07, 6.45) is 8.80. The highest BCUT2D eigenvalue weighted by Crippen LogP contribution is 2.34. The average molecular weight is 352 g/mol. The maximum atomic E-state index is 12.2. The lowest BCUT2D eigenvalue weighted by atomic mass is 10.0. The molecule has 1 saturated heterocycles. The molecule has 1 aliphatic heterocycles. The van der Waals surface area contributed by atoms with Gasteiger partial charge in [0.15, 0.2) is 5.65 Å². The molecule has 7 heteroatoms. The van der Waals surface area contributed by atoms with Gasteiger partial charge in [-0.05, 0) is 45.1 Å². The second-order valence-corrected chi connectivity index (χ2v) is 7.50. The Bertz CT molecular complexity index is 1010. The largest absolute Gasteiger partial charge is 0.334 e. The predicted octanol–water partition coefficient (Wildman–Crippen LogP) is 1.97. The van der Waals surface area contributed by atoms with E-state index in [4.69, 9.17) is 4.98 Å². The summed E-state index contributed by atoms with van der Waals surface area (Å²) in [6, 6.07) is 3.79. The summed E-state index contributed by atoms with van der Waals surface area (Å²) in [5, 5.41) is 2.89. The standard InChI is InChI=1S/C19H24N6O/c1-23-15-6-3-2-5-14(15)22-19(23)16-7-4-10-24(16)12-13-11-18(26)25-17(21-13)8-9-20-25/h8-9,11,16,20H,2-7,10,12H2,1H3/t16-/m0/s1. The van der Waals surface area contributed by atoms with E-state index in [0.29, 0.717) is 18.2 Å². The minimum atomic E-state index is -0.0572. The maximum absolute atomic E-state index is 12.2. The van der Waals surface area contributed by atoms with E-state index in [1.54, 1.807) is 12.3 Å². The molecule has 5 rings (SSSR count). The number of aromatic nitrogens is 5. The first-order valence-electron chi connectivity index (χ1n) is 9.55. The minimum absolute atomic E-state index is 0.0572. The molecule has 1 N–H and O–H groups in total. The summed E-state index contributed by atoms with van der Waals surface area (Å²) >= 11 is 0. The molecule has 2 aliphatic rings. The summed E-state index contributed by atoms with van der Waals surface area (Å²) in [7, 11) is 2.17. The molecule has 3 aromatic rings. The molecule has 0 bridgehead atoms. The number of hydrogen-bond donors (Lipinski definition) is 1. The number of aryl methyl sites for hydroxylation is 1. The van der Waals surface area contributed by atoms with Crippen LogP contribution in [0.1, 0.15) is 54.6 Å². The monoisotopic (exact) mass is 352 g/mol. The summed E-state index contributed by atoms with van der Waals surface area (Å²) in [5.41, 5.74) is 4.17. The van der Waals surface area contributed by atoms with Gasteiger partial charge in [0.25, 0.3) is 5.56 Å². The van der Waals surface area contributed by atoms with Crippen LogP contribution in [0, 0.1) is 0 Å². The Kier molecular flexibility index (Phi) is 3.70. The SMILES string of the molecule is Cn1c([C@@H]2CCCN2Cc2cc(=O)n3[nH]ccc3n2)nc2c1CCCC2. The van der Waals surface area contributed by atoms with Crippen molar-refractivity contribution in [1.29, 1.82) is 0 Å². The molecule has 0 unspecified atom stereocenters. The van der Waals surface area contributed by atoms with Crippen LogP contribution in [0.2, 0.25) is 0 Å². The fraction of sp³-hybridized carbons (Fsp3) is 0.526. The average Bonchev–Trinajstić information content (AvgIpc) is 3.35. The van der Waals surface area contributed by atoms with E-state index in [0.717, 1.165) is 37.9 Å². The molecule has 0 aromatic carbocycles. The van der Waals surface area contributed by atoms with Crippen LogP contribution in [-0.4, -0.2) is 35.6 Å². The van der Waals surface area contributed by atoms with Gasteiger partial charge in [0.1, 0.15) is 5.82 Å². The van der Waals surface area contributed by atoms with Crippen molar-refractivity contribution in [2.24, 2.45) is 7.05 Å². The van der Waals surface area contributed by atoms with E-state index in [9.17, 15) is 4.79 Å². The topological polar surface area (TPSA) is 71.2 Å². The predicted molar refractivity (Wildman–Crippen MR) is 98.0 cm³/mol. The highest BCUT2D eigenvalue weighted by Gasteiger charge is 2.31. The first-order chi connectivity index (χ1) is 12.7. The normalized spacial score (nSPS) is 20.7. The van der Waals surface area contributed by atoms with Crippen molar-refractivity contribution in [3.05, 3.63) is 51.6 Å². The fourth-order valence-corrected chi connectivity index (χ4v) is 4.58. The third kappa shape index (κ3) is 2.49. The Balaban J connectivity index is 1.45. The summed E-state index contributed by atoms with van der Waals surface area (Å²) in [4.78, 5) is 24.3. The number of rotatable bonds is 3. The van der Waals surface area contributed by atoms with Crippen LogP contribution in [0.5, 0.6) is 0 Å². The lowest BCUT2D eigenvalue weighted by molar-refractivity contribution is 0.233. The highest BCUT2D eigenvalue weighted by molar-refractivity contribution is 5.36. The Morgan fingerprint density at radius 2 is 2.12 bits per heavy atom. The molecule has 0 amide bonds. The zero-order valence-electron chi connectivity index (χ0n) is 15.1. The van der Waals surface area contributed by atoms with Crippen LogP contribution in [0.3, 0.4) is 0 Å². The molecule has 1 fully saturated rings. The molecule has 1 aliphatic carbocycles.